The first-order chi connectivity index (χ1) is 15.7. The second-order valence-electron chi connectivity index (χ2n) is 8.23. The Labute approximate surface area is 186 Å². The molecule has 0 saturated heterocycles. The summed E-state index contributed by atoms with van der Waals surface area (Å²) in [4.78, 5) is 32.5. The number of pyridine rings is 2. The molecule has 32 heavy (non-hydrogen) atoms. The first-order valence-corrected chi connectivity index (χ1v) is 10.8. The van der Waals surface area contributed by atoms with Gasteiger partial charge in [-0.2, -0.15) is 0 Å². The SMILES string of the molecule is CN(Cc1ccccn1)C(=O)c1cc(-c2cnc(-c3cccnc3)nc2)cn1CC1CC1. The van der Waals surface area contributed by atoms with E-state index < -0.39 is 0 Å². The predicted molar refractivity (Wildman–Crippen MR) is 121 cm³/mol. The Kier molecular flexibility index (Phi) is 5.46. The topological polar surface area (TPSA) is 76.8 Å². The highest BCUT2D eigenvalue weighted by Gasteiger charge is 2.26. The number of hydrogen-bond acceptors (Lipinski definition) is 5. The van der Waals surface area contributed by atoms with Crippen LogP contribution in [0.5, 0.6) is 0 Å². The second-order valence-corrected chi connectivity index (χ2v) is 8.23. The van der Waals surface area contributed by atoms with Crippen molar-refractivity contribution in [2.24, 2.45) is 5.92 Å². The van der Waals surface area contributed by atoms with Gasteiger partial charge < -0.3 is 9.47 Å². The number of carbonyl (C=O) groups is 1. The van der Waals surface area contributed by atoms with E-state index in [0.717, 1.165) is 28.9 Å². The molecule has 7 nitrogen and oxygen atoms in total. The predicted octanol–water partition coefficient (Wildman–Crippen LogP) is 4.08. The van der Waals surface area contributed by atoms with Crippen LogP contribution in [0.25, 0.3) is 22.5 Å². The molecule has 0 radical (unpaired) electrons. The summed E-state index contributed by atoms with van der Waals surface area (Å²) >= 11 is 0. The van der Waals surface area contributed by atoms with Crippen LogP contribution in [0.3, 0.4) is 0 Å². The van der Waals surface area contributed by atoms with Crippen molar-refractivity contribution >= 4 is 5.91 Å². The fraction of sp³-hybridized carbons (Fsp3) is 0.240. The van der Waals surface area contributed by atoms with Gasteiger partial charge in [0.25, 0.3) is 5.91 Å². The molecule has 4 aromatic heterocycles. The summed E-state index contributed by atoms with van der Waals surface area (Å²) < 4.78 is 2.08. The summed E-state index contributed by atoms with van der Waals surface area (Å²) in [5.74, 6) is 1.26. The Bertz CT molecular complexity index is 1200. The molecule has 0 spiro atoms. The van der Waals surface area contributed by atoms with Crippen LogP contribution in [-0.4, -0.2) is 42.4 Å². The Hall–Kier alpha value is -3.87. The highest BCUT2D eigenvalue weighted by atomic mass is 16.2. The summed E-state index contributed by atoms with van der Waals surface area (Å²) in [5, 5.41) is 0. The van der Waals surface area contributed by atoms with Gasteiger partial charge in [0.2, 0.25) is 0 Å². The summed E-state index contributed by atoms with van der Waals surface area (Å²) in [6.07, 6.45) is 13.3. The van der Waals surface area contributed by atoms with E-state index in [-0.39, 0.29) is 5.91 Å². The number of aromatic nitrogens is 5. The van der Waals surface area contributed by atoms with E-state index in [1.54, 1.807) is 35.9 Å². The summed E-state index contributed by atoms with van der Waals surface area (Å²) in [7, 11) is 1.82. The van der Waals surface area contributed by atoms with E-state index in [9.17, 15) is 4.79 Å². The standard InChI is InChI=1S/C25H24N6O/c1-30(17-22-6-2-3-10-27-22)25(32)23-11-20(16-31(23)15-18-7-8-18)21-13-28-24(29-14-21)19-5-4-9-26-12-19/h2-6,9-14,16,18H,7-8,15,17H2,1H3. The largest absolute Gasteiger partial charge is 0.343 e. The third-order valence-electron chi connectivity index (χ3n) is 5.64. The molecule has 0 bridgehead atoms. The number of rotatable bonds is 7. The van der Waals surface area contributed by atoms with Crippen molar-refractivity contribution in [1.82, 2.24) is 29.4 Å². The maximum absolute atomic E-state index is 13.3. The maximum atomic E-state index is 13.3. The van der Waals surface area contributed by atoms with E-state index in [1.807, 2.05) is 49.6 Å². The van der Waals surface area contributed by atoms with Crippen molar-refractivity contribution in [3.05, 3.63) is 85.0 Å². The molecule has 0 N–H and O–H groups in total. The summed E-state index contributed by atoms with van der Waals surface area (Å²) in [5.41, 5.74) is 4.24. The Morgan fingerprint density at radius 2 is 1.84 bits per heavy atom. The van der Waals surface area contributed by atoms with Gasteiger partial charge in [0, 0.05) is 67.5 Å². The molecule has 4 aromatic rings. The number of hydrogen-bond donors (Lipinski definition) is 0. The minimum Gasteiger partial charge on any atom is -0.343 e. The van der Waals surface area contributed by atoms with Crippen LogP contribution in [-0.2, 0) is 13.1 Å². The second kappa shape index (κ2) is 8.70. The van der Waals surface area contributed by atoms with Crippen molar-refractivity contribution in [3.8, 4) is 22.5 Å². The fourth-order valence-electron chi connectivity index (χ4n) is 3.70. The molecule has 1 saturated carbocycles. The first kappa shape index (κ1) is 20.1. The van der Waals surface area contributed by atoms with Crippen molar-refractivity contribution in [2.45, 2.75) is 25.9 Å². The molecule has 1 amide bonds. The normalized spacial score (nSPS) is 13.2. The molecule has 7 heteroatoms. The van der Waals surface area contributed by atoms with Gasteiger partial charge in [-0.3, -0.25) is 14.8 Å². The molecule has 0 aromatic carbocycles. The molecule has 5 rings (SSSR count). The summed E-state index contributed by atoms with van der Waals surface area (Å²) in [6, 6.07) is 11.5. The number of nitrogens with zero attached hydrogens (tertiary/aromatic N) is 6. The van der Waals surface area contributed by atoms with Crippen LogP contribution in [0.15, 0.2) is 73.6 Å². The van der Waals surface area contributed by atoms with E-state index in [4.69, 9.17) is 0 Å². The van der Waals surface area contributed by atoms with Crippen molar-refractivity contribution in [3.63, 3.8) is 0 Å². The van der Waals surface area contributed by atoms with E-state index >= 15 is 0 Å². The molecule has 160 valence electrons. The molecular formula is C25H24N6O. The van der Waals surface area contributed by atoms with Crippen LogP contribution < -0.4 is 0 Å². The highest BCUT2D eigenvalue weighted by molar-refractivity contribution is 5.94. The minimum absolute atomic E-state index is 0.0181. The number of carbonyl (C=O) groups excluding carboxylic acids is 1. The monoisotopic (exact) mass is 424 g/mol. The lowest BCUT2D eigenvalue weighted by Crippen LogP contribution is -2.28. The lowest BCUT2D eigenvalue weighted by atomic mass is 10.1. The van der Waals surface area contributed by atoms with Crippen LogP contribution in [0, 0.1) is 5.92 Å². The molecule has 1 aliphatic rings. The quantitative estimate of drug-likeness (QED) is 0.447. The Balaban J connectivity index is 1.41. The van der Waals surface area contributed by atoms with Crippen molar-refractivity contribution in [1.29, 1.82) is 0 Å². The Morgan fingerprint density at radius 3 is 2.53 bits per heavy atom. The van der Waals surface area contributed by atoms with Gasteiger partial charge >= 0.3 is 0 Å². The van der Waals surface area contributed by atoms with E-state index in [0.29, 0.717) is 24.0 Å². The van der Waals surface area contributed by atoms with Gasteiger partial charge in [0.15, 0.2) is 5.82 Å². The molecule has 0 atom stereocenters. The maximum Gasteiger partial charge on any atom is 0.270 e. The highest BCUT2D eigenvalue weighted by Crippen LogP contribution is 2.33. The molecule has 1 fully saturated rings. The van der Waals surface area contributed by atoms with Crippen LogP contribution in [0.4, 0.5) is 0 Å². The van der Waals surface area contributed by atoms with Crippen LogP contribution in [0.2, 0.25) is 0 Å². The molecule has 1 aliphatic carbocycles. The average molecular weight is 425 g/mol. The molecule has 4 heterocycles. The van der Waals surface area contributed by atoms with Gasteiger partial charge in [0.1, 0.15) is 5.69 Å². The number of amides is 1. The lowest BCUT2D eigenvalue weighted by Gasteiger charge is -2.18. The molecule has 0 aliphatic heterocycles. The van der Waals surface area contributed by atoms with Gasteiger partial charge in [-0.05, 0) is 49.1 Å². The first-order valence-electron chi connectivity index (χ1n) is 10.8. The molecular weight excluding hydrogens is 400 g/mol. The smallest absolute Gasteiger partial charge is 0.270 e. The van der Waals surface area contributed by atoms with E-state index in [2.05, 4.69) is 24.5 Å². The zero-order chi connectivity index (χ0) is 21.9. The van der Waals surface area contributed by atoms with Crippen LogP contribution >= 0.6 is 0 Å². The Morgan fingerprint density at radius 1 is 1.00 bits per heavy atom. The van der Waals surface area contributed by atoms with Crippen molar-refractivity contribution in [2.75, 3.05) is 7.05 Å². The van der Waals surface area contributed by atoms with Gasteiger partial charge in [-0.1, -0.05) is 6.07 Å². The lowest BCUT2D eigenvalue weighted by molar-refractivity contribution is 0.0772. The molecule has 0 unspecified atom stereocenters. The third kappa shape index (κ3) is 4.42. The van der Waals surface area contributed by atoms with Crippen molar-refractivity contribution < 1.29 is 4.79 Å². The van der Waals surface area contributed by atoms with Gasteiger partial charge in [-0.25, -0.2) is 9.97 Å². The van der Waals surface area contributed by atoms with E-state index in [1.165, 1.54) is 12.8 Å². The average Bonchev–Trinajstić information content (AvgIpc) is 3.56. The summed E-state index contributed by atoms with van der Waals surface area (Å²) in [6.45, 7) is 1.32. The van der Waals surface area contributed by atoms with Crippen LogP contribution in [0.1, 0.15) is 29.0 Å². The van der Waals surface area contributed by atoms with Gasteiger partial charge in [-0.15, -0.1) is 0 Å². The zero-order valence-corrected chi connectivity index (χ0v) is 17.9. The third-order valence-corrected chi connectivity index (χ3v) is 5.64. The zero-order valence-electron chi connectivity index (χ0n) is 17.9. The fourth-order valence-corrected chi connectivity index (χ4v) is 3.70. The van der Waals surface area contributed by atoms with Gasteiger partial charge in [0.05, 0.1) is 12.2 Å². The minimum atomic E-state index is -0.0181.